The highest BCUT2D eigenvalue weighted by Crippen LogP contribution is 2.31. The first-order valence-corrected chi connectivity index (χ1v) is 7.14. The van der Waals surface area contributed by atoms with Gasteiger partial charge in [-0.1, -0.05) is 26.2 Å². The highest BCUT2D eigenvalue weighted by molar-refractivity contribution is 5.79. The number of aliphatic carboxylic acids is 1. The molecule has 0 heterocycles. The highest BCUT2D eigenvalue weighted by atomic mass is 16.4. The number of nitrogens with one attached hydrogen (secondary N) is 1. The molecule has 1 atom stereocenters. The zero-order valence-electron chi connectivity index (χ0n) is 11.3. The lowest BCUT2D eigenvalue weighted by Gasteiger charge is -2.28. The molecule has 1 unspecified atom stereocenters. The van der Waals surface area contributed by atoms with Crippen LogP contribution in [0.2, 0.25) is 0 Å². The third-order valence-corrected chi connectivity index (χ3v) is 3.86. The van der Waals surface area contributed by atoms with Gasteiger partial charge in [-0.2, -0.15) is 0 Å². The SMILES string of the molecule is CCC(C(=O)NCCCC(=O)O)C1CCCCC1. The largest absolute Gasteiger partial charge is 0.481 e. The van der Waals surface area contributed by atoms with E-state index in [0.29, 0.717) is 18.9 Å². The van der Waals surface area contributed by atoms with Crippen LogP contribution < -0.4 is 5.32 Å². The van der Waals surface area contributed by atoms with Crippen LogP contribution in [0.25, 0.3) is 0 Å². The van der Waals surface area contributed by atoms with Crippen molar-refractivity contribution in [2.45, 2.75) is 58.3 Å². The van der Waals surface area contributed by atoms with Gasteiger partial charge in [-0.05, 0) is 31.6 Å². The van der Waals surface area contributed by atoms with Crippen molar-refractivity contribution in [2.75, 3.05) is 6.54 Å². The first-order chi connectivity index (χ1) is 8.65. The minimum absolute atomic E-state index is 0.120. The molecule has 2 N–H and O–H groups in total. The van der Waals surface area contributed by atoms with Crippen molar-refractivity contribution in [2.24, 2.45) is 11.8 Å². The van der Waals surface area contributed by atoms with E-state index < -0.39 is 5.97 Å². The monoisotopic (exact) mass is 255 g/mol. The third kappa shape index (κ3) is 5.07. The molecule has 4 heteroatoms. The number of carbonyl (C=O) groups is 2. The van der Waals surface area contributed by atoms with Crippen LogP contribution in [0.1, 0.15) is 58.3 Å². The van der Waals surface area contributed by atoms with Crippen molar-refractivity contribution < 1.29 is 14.7 Å². The maximum Gasteiger partial charge on any atom is 0.303 e. The van der Waals surface area contributed by atoms with E-state index in [-0.39, 0.29) is 18.2 Å². The van der Waals surface area contributed by atoms with Gasteiger partial charge in [0, 0.05) is 18.9 Å². The van der Waals surface area contributed by atoms with Crippen molar-refractivity contribution in [1.82, 2.24) is 5.32 Å². The lowest BCUT2D eigenvalue weighted by Crippen LogP contribution is -2.36. The second-order valence-corrected chi connectivity index (χ2v) is 5.20. The highest BCUT2D eigenvalue weighted by Gasteiger charge is 2.27. The molecule has 0 aromatic rings. The molecule has 1 saturated carbocycles. The van der Waals surface area contributed by atoms with Crippen LogP contribution in [0.4, 0.5) is 0 Å². The Morgan fingerprint density at radius 1 is 1.28 bits per heavy atom. The Kier molecular flexibility index (Phi) is 6.76. The maximum absolute atomic E-state index is 12.1. The van der Waals surface area contributed by atoms with Crippen LogP contribution in [-0.2, 0) is 9.59 Å². The molecule has 0 bridgehead atoms. The van der Waals surface area contributed by atoms with E-state index in [1.807, 2.05) is 0 Å². The Morgan fingerprint density at radius 3 is 2.50 bits per heavy atom. The van der Waals surface area contributed by atoms with Crippen molar-refractivity contribution in [1.29, 1.82) is 0 Å². The number of carboxylic acid groups (broad SMARTS) is 1. The normalized spacial score (nSPS) is 18.3. The van der Waals surface area contributed by atoms with E-state index in [2.05, 4.69) is 12.2 Å². The van der Waals surface area contributed by atoms with Crippen molar-refractivity contribution >= 4 is 11.9 Å². The van der Waals surface area contributed by atoms with Crippen LogP contribution in [0.3, 0.4) is 0 Å². The van der Waals surface area contributed by atoms with Gasteiger partial charge in [-0.15, -0.1) is 0 Å². The summed E-state index contributed by atoms with van der Waals surface area (Å²) in [6.07, 6.45) is 7.65. The summed E-state index contributed by atoms with van der Waals surface area (Å²) >= 11 is 0. The number of amides is 1. The van der Waals surface area contributed by atoms with E-state index in [4.69, 9.17) is 5.11 Å². The lowest BCUT2D eigenvalue weighted by atomic mass is 9.78. The number of hydrogen-bond donors (Lipinski definition) is 2. The summed E-state index contributed by atoms with van der Waals surface area (Å²) in [5, 5.41) is 11.4. The predicted octanol–water partition coefficient (Wildman–Crippen LogP) is 2.57. The van der Waals surface area contributed by atoms with E-state index in [9.17, 15) is 9.59 Å². The summed E-state index contributed by atoms with van der Waals surface area (Å²) in [6.45, 7) is 2.55. The summed E-state index contributed by atoms with van der Waals surface area (Å²) in [5.74, 6) is -0.0308. The molecule has 104 valence electrons. The molecule has 0 spiro atoms. The molecular formula is C14H25NO3. The molecule has 18 heavy (non-hydrogen) atoms. The zero-order chi connectivity index (χ0) is 13.4. The molecule has 1 fully saturated rings. The molecular weight excluding hydrogens is 230 g/mol. The molecule has 1 aliphatic carbocycles. The Hall–Kier alpha value is -1.06. The van der Waals surface area contributed by atoms with E-state index >= 15 is 0 Å². The Balaban J connectivity index is 2.29. The smallest absolute Gasteiger partial charge is 0.303 e. The minimum Gasteiger partial charge on any atom is -0.481 e. The Bertz CT molecular complexity index is 272. The maximum atomic E-state index is 12.1. The zero-order valence-corrected chi connectivity index (χ0v) is 11.3. The molecule has 4 nitrogen and oxygen atoms in total. The molecule has 0 aliphatic heterocycles. The molecule has 0 aromatic heterocycles. The summed E-state index contributed by atoms with van der Waals surface area (Å²) in [7, 11) is 0. The van der Waals surface area contributed by atoms with Crippen molar-refractivity contribution in [3.05, 3.63) is 0 Å². The molecule has 0 aromatic carbocycles. The van der Waals surface area contributed by atoms with Crippen LogP contribution in [0.5, 0.6) is 0 Å². The number of hydrogen-bond acceptors (Lipinski definition) is 2. The van der Waals surface area contributed by atoms with Gasteiger partial charge in [0.1, 0.15) is 0 Å². The second kappa shape index (κ2) is 8.11. The molecule has 0 saturated heterocycles. The van der Waals surface area contributed by atoms with Gasteiger partial charge in [0.05, 0.1) is 0 Å². The van der Waals surface area contributed by atoms with Crippen molar-refractivity contribution in [3.8, 4) is 0 Å². The van der Waals surface area contributed by atoms with E-state index in [1.54, 1.807) is 0 Å². The van der Waals surface area contributed by atoms with Crippen molar-refractivity contribution in [3.63, 3.8) is 0 Å². The quantitative estimate of drug-likeness (QED) is 0.687. The second-order valence-electron chi connectivity index (χ2n) is 5.20. The molecule has 0 radical (unpaired) electrons. The van der Waals surface area contributed by atoms with Gasteiger partial charge >= 0.3 is 5.97 Å². The molecule has 1 aliphatic rings. The van der Waals surface area contributed by atoms with Gasteiger partial charge in [-0.25, -0.2) is 0 Å². The molecule has 1 amide bonds. The first-order valence-electron chi connectivity index (χ1n) is 7.14. The number of carboxylic acids is 1. The fraction of sp³-hybridized carbons (Fsp3) is 0.857. The first kappa shape index (κ1) is 15.0. The van der Waals surface area contributed by atoms with Crippen LogP contribution in [-0.4, -0.2) is 23.5 Å². The average molecular weight is 255 g/mol. The average Bonchev–Trinajstić information content (AvgIpc) is 2.36. The number of rotatable bonds is 7. The fourth-order valence-electron chi connectivity index (χ4n) is 2.85. The van der Waals surface area contributed by atoms with Crippen LogP contribution in [0, 0.1) is 11.8 Å². The standard InChI is InChI=1S/C14H25NO3/c1-2-12(11-7-4-3-5-8-11)14(18)15-10-6-9-13(16)17/h11-12H,2-10H2,1H3,(H,15,18)(H,16,17). The van der Waals surface area contributed by atoms with Crippen LogP contribution >= 0.6 is 0 Å². The van der Waals surface area contributed by atoms with Gasteiger partial charge in [0.2, 0.25) is 5.91 Å². The summed E-state index contributed by atoms with van der Waals surface area (Å²) in [6, 6.07) is 0. The molecule has 1 rings (SSSR count). The summed E-state index contributed by atoms with van der Waals surface area (Å²) < 4.78 is 0. The predicted molar refractivity (Wildman–Crippen MR) is 70.2 cm³/mol. The van der Waals surface area contributed by atoms with Gasteiger partial charge in [0.25, 0.3) is 0 Å². The third-order valence-electron chi connectivity index (χ3n) is 3.86. The van der Waals surface area contributed by atoms with Crippen LogP contribution in [0.15, 0.2) is 0 Å². The number of carbonyl (C=O) groups excluding carboxylic acids is 1. The topological polar surface area (TPSA) is 66.4 Å². The summed E-state index contributed by atoms with van der Waals surface area (Å²) in [4.78, 5) is 22.4. The Labute approximate surface area is 109 Å². The van der Waals surface area contributed by atoms with Gasteiger partial charge < -0.3 is 10.4 Å². The summed E-state index contributed by atoms with van der Waals surface area (Å²) in [5.41, 5.74) is 0. The lowest BCUT2D eigenvalue weighted by molar-refractivity contribution is -0.137. The van der Waals surface area contributed by atoms with Gasteiger partial charge in [0.15, 0.2) is 0 Å². The van der Waals surface area contributed by atoms with E-state index in [0.717, 1.165) is 6.42 Å². The van der Waals surface area contributed by atoms with Gasteiger partial charge in [-0.3, -0.25) is 9.59 Å². The minimum atomic E-state index is -0.802. The van der Waals surface area contributed by atoms with E-state index in [1.165, 1.54) is 32.1 Å². The Morgan fingerprint density at radius 2 is 1.94 bits per heavy atom. The fourth-order valence-corrected chi connectivity index (χ4v) is 2.85.